The lowest BCUT2D eigenvalue weighted by atomic mass is 9.63. The highest BCUT2D eigenvalue weighted by Gasteiger charge is 2.41. The summed E-state index contributed by atoms with van der Waals surface area (Å²) in [6.07, 6.45) is 10.8. The molecule has 160 valence electrons. The second kappa shape index (κ2) is 8.18. The molecule has 0 amide bonds. The lowest BCUT2D eigenvalue weighted by Gasteiger charge is -2.42. The monoisotopic (exact) mass is 424 g/mol. The third kappa shape index (κ3) is 3.57. The van der Waals surface area contributed by atoms with Crippen LogP contribution in [0, 0.1) is 11.2 Å². The third-order valence-electron chi connectivity index (χ3n) is 7.51. The van der Waals surface area contributed by atoms with Crippen LogP contribution in [0.2, 0.25) is 18.1 Å². The van der Waals surface area contributed by atoms with Gasteiger partial charge in [-0.2, -0.15) is 5.10 Å². The van der Waals surface area contributed by atoms with Crippen LogP contribution in [-0.2, 0) is 10.8 Å². The minimum absolute atomic E-state index is 0.0112. The smallest absolute Gasteiger partial charge is 0.249 e. The van der Waals surface area contributed by atoms with E-state index in [2.05, 4.69) is 45.1 Å². The first-order chi connectivity index (χ1) is 14.4. The molecular weight excluding hydrogens is 391 g/mol. The van der Waals surface area contributed by atoms with E-state index in [4.69, 9.17) is 4.43 Å². The van der Waals surface area contributed by atoms with E-state index in [0.29, 0.717) is 0 Å². The molecule has 1 aromatic heterocycles. The van der Waals surface area contributed by atoms with Gasteiger partial charge in [-0.3, -0.25) is 0 Å². The Morgan fingerprint density at radius 2 is 1.83 bits per heavy atom. The van der Waals surface area contributed by atoms with Crippen LogP contribution in [-0.4, -0.2) is 18.1 Å². The molecule has 0 saturated heterocycles. The Labute approximate surface area is 180 Å². The van der Waals surface area contributed by atoms with Gasteiger partial charge in [-0.15, -0.1) is 0 Å². The molecule has 1 heterocycles. The molecule has 0 bridgehead atoms. The van der Waals surface area contributed by atoms with Gasteiger partial charge in [0.2, 0.25) is 8.32 Å². The van der Waals surface area contributed by atoms with Gasteiger partial charge in [-0.1, -0.05) is 33.3 Å². The van der Waals surface area contributed by atoms with Crippen molar-refractivity contribution in [2.24, 2.45) is 5.41 Å². The highest BCUT2D eigenvalue weighted by atomic mass is 28.4. The molecule has 1 atom stereocenters. The number of rotatable bonds is 6. The first-order valence-corrected chi connectivity index (χ1v) is 13.9. The summed E-state index contributed by atoms with van der Waals surface area (Å²) < 4.78 is 21.9. The van der Waals surface area contributed by atoms with Crippen molar-refractivity contribution < 1.29 is 8.82 Å². The third-order valence-corrected chi connectivity index (χ3v) is 12.0. The summed E-state index contributed by atoms with van der Waals surface area (Å²) >= 11 is 0. The van der Waals surface area contributed by atoms with E-state index < -0.39 is 8.32 Å². The average Bonchev–Trinajstić information content (AvgIpc) is 3.16. The molecule has 4 rings (SSSR count). The number of aromatic nitrogens is 2. The summed E-state index contributed by atoms with van der Waals surface area (Å²) in [5, 5.41) is 4.64. The molecule has 2 aliphatic rings. The molecule has 0 N–H and O–H groups in total. The zero-order chi connectivity index (χ0) is 21.4. The van der Waals surface area contributed by atoms with Crippen LogP contribution in [0.4, 0.5) is 4.39 Å². The van der Waals surface area contributed by atoms with Crippen molar-refractivity contribution in [2.75, 3.05) is 0 Å². The van der Waals surface area contributed by atoms with Crippen molar-refractivity contribution in [1.82, 2.24) is 9.78 Å². The molecule has 1 aromatic carbocycles. The summed E-state index contributed by atoms with van der Waals surface area (Å²) in [6.45, 7) is 9.21. The van der Waals surface area contributed by atoms with Crippen molar-refractivity contribution in [1.29, 1.82) is 0 Å². The molecule has 5 heteroatoms. The summed E-state index contributed by atoms with van der Waals surface area (Å²) in [4.78, 5) is 0. The predicted octanol–water partition coefficient (Wildman–Crippen LogP) is 7.05. The fourth-order valence-electron chi connectivity index (χ4n) is 5.09. The van der Waals surface area contributed by atoms with Gasteiger partial charge in [-0.25, -0.2) is 9.07 Å². The SMILES string of the molecule is CC[Si](CC)(CC)O/C=C1\CCCC2=Cc3c(cnn3-c3ccc(F)cc3)CC21C. The van der Waals surface area contributed by atoms with Crippen molar-refractivity contribution in [3.8, 4) is 5.69 Å². The second-order valence-corrected chi connectivity index (χ2v) is 13.7. The highest BCUT2D eigenvalue weighted by molar-refractivity contribution is 6.73. The van der Waals surface area contributed by atoms with Gasteiger partial charge in [0.1, 0.15) is 5.82 Å². The Hall–Kier alpha value is -2.14. The molecule has 30 heavy (non-hydrogen) atoms. The lowest BCUT2D eigenvalue weighted by molar-refractivity contribution is 0.366. The molecule has 3 nitrogen and oxygen atoms in total. The van der Waals surface area contributed by atoms with E-state index in [-0.39, 0.29) is 11.2 Å². The molecule has 2 aromatic rings. The number of nitrogens with zero attached hydrogens (tertiary/aromatic N) is 2. The summed E-state index contributed by atoms with van der Waals surface area (Å²) in [6, 6.07) is 10.1. The number of hydrogen-bond acceptors (Lipinski definition) is 2. The van der Waals surface area contributed by atoms with Crippen LogP contribution in [0.1, 0.15) is 58.2 Å². The van der Waals surface area contributed by atoms with Crippen LogP contribution in [0.5, 0.6) is 0 Å². The Morgan fingerprint density at radius 3 is 2.50 bits per heavy atom. The van der Waals surface area contributed by atoms with Crippen LogP contribution in [0.25, 0.3) is 11.8 Å². The van der Waals surface area contributed by atoms with Gasteiger partial charge in [0.15, 0.2) is 0 Å². The van der Waals surface area contributed by atoms with Crippen LogP contribution >= 0.6 is 0 Å². The number of benzene rings is 1. The molecule has 2 aliphatic carbocycles. The van der Waals surface area contributed by atoms with Crippen molar-refractivity contribution >= 4 is 14.4 Å². The van der Waals surface area contributed by atoms with Gasteiger partial charge >= 0.3 is 0 Å². The first kappa shape index (κ1) is 21.1. The Bertz CT molecular complexity index is 963. The quantitative estimate of drug-likeness (QED) is 0.367. The maximum atomic E-state index is 13.4. The number of halogens is 1. The van der Waals surface area contributed by atoms with E-state index in [1.54, 1.807) is 12.1 Å². The largest absolute Gasteiger partial charge is 0.549 e. The zero-order valence-corrected chi connectivity index (χ0v) is 19.7. The summed E-state index contributed by atoms with van der Waals surface area (Å²) in [5.74, 6) is -0.223. The number of allylic oxidation sites excluding steroid dienone is 2. The molecule has 0 spiro atoms. The molecule has 0 aliphatic heterocycles. The number of hydrogen-bond donors (Lipinski definition) is 0. The van der Waals surface area contributed by atoms with Gasteiger partial charge in [-0.05, 0) is 85.3 Å². The van der Waals surface area contributed by atoms with Gasteiger partial charge < -0.3 is 4.43 Å². The van der Waals surface area contributed by atoms with E-state index in [1.165, 1.54) is 28.8 Å². The fourth-order valence-corrected chi connectivity index (χ4v) is 7.48. The maximum absolute atomic E-state index is 13.4. The van der Waals surface area contributed by atoms with E-state index >= 15 is 0 Å². The molecule has 1 fully saturated rings. The van der Waals surface area contributed by atoms with Crippen LogP contribution in [0.3, 0.4) is 0 Å². The van der Waals surface area contributed by atoms with Gasteiger partial charge in [0.05, 0.1) is 23.8 Å². The fraction of sp³-hybridized carbons (Fsp3) is 0.480. The topological polar surface area (TPSA) is 27.1 Å². The minimum Gasteiger partial charge on any atom is -0.549 e. The molecule has 1 saturated carbocycles. The standard InChI is InChI=1S/C25H33FN2OSi/c1-5-30(6-2,7-3)29-18-21-10-8-9-20-15-24-19(16-25(20,21)4)17-27-28(24)23-13-11-22(26)12-14-23/h11-15,17-18H,5-10,16H2,1-4H3/b21-18+. The van der Waals surface area contributed by atoms with Crippen molar-refractivity contribution in [2.45, 2.75) is 71.5 Å². The second-order valence-electron chi connectivity index (χ2n) is 8.98. The van der Waals surface area contributed by atoms with Crippen molar-refractivity contribution in [3.05, 3.63) is 64.9 Å². The summed E-state index contributed by atoms with van der Waals surface area (Å²) in [5.41, 5.74) is 6.21. The van der Waals surface area contributed by atoms with Crippen molar-refractivity contribution in [3.63, 3.8) is 0 Å². The summed E-state index contributed by atoms with van der Waals surface area (Å²) in [7, 11) is -1.65. The minimum atomic E-state index is -1.65. The van der Waals surface area contributed by atoms with Gasteiger partial charge in [0, 0.05) is 5.41 Å². The molecule has 0 radical (unpaired) electrons. The number of fused-ring (bicyclic) bond motifs is 2. The Morgan fingerprint density at radius 1 is 1.13 bits per heavy atom. The van der Waals surface area contributed by atoms with E-state index in [9.17, 15) is 4.39 Å². The predicted molar refractivity (Wildman–Crippen MR) is 124 cm³/mol. The Kier molecular flexibility index (Phi) is 5.75. The maximum Gasteiger partial charge on any atom is 0.249 e. The zero-order valence-electron chi connectivity index (χ0n) is 18.7. The normalized spacial score (nSPS) is 22.4. The average molecular weight is 425 g/mol. The Balaban J connectivity index is 1.68. The molecular formula is C25H33FN2OSi. The van der Waals surface area contributed by atoms with E-state index in [0.717, 1.165) is 55.2 Å². The van der Waals surface area contributed by atoms with E-state index in [1.807, 2.05) is 10.9 Å². The first-order valence-electron chi connectivity index (χ1n) is 11.4. The molecule has 1 unspecified atom stereocenters. The van der Waals surface area contributed by atoms with Gasteiger partial charge in [0.25, 0.3) is 0 Å². The van der Waals surface area contributed by atoms with Crippen LogP contribution < -0.4 is 0 Å². The highest BCUT2D eigenvalue weighted by Crippen LogP contribution is 2.51. The van der Waals surface area contributed by atoms with Crippen LogP contribution in [0.15, 0.2) is 47.9 Å². The lowest BCUT2D eigenvalue weighted by Crippen LogP contribution is -2.36.